The van der Waals surface area contributed by atoms with E-state index in [0.29, 0.717) is 6.04 Å². The predicted octanol–water partition coefficient (Wildman–Crippen LogP) is 1.07. The Morgan fingerprint density at radius 3 is 2.92 bits per heavy atom. The van der Waals surface area contributed by atoms with Crippen molar-refractivity contribution in [2.75, 3.05) is 19.6 Å². The molecule has 13 heavy (non-hydrogen) atoms. The number of hydrogen-bond donors (Lipinski definition) is 1. The van der Waals surface area contributed by atoms with Crippen molar-refractivity contribution >= 4 is 0 Å². The van der Waals surface area contributed by atoms with Gasteiger partial charge in [0.25, 0.3) is 0 Å². The summed E-state index contributed by atoms with van der Waals surface area (Å²) in [6.07, 6.45) is 9.11. The van der Waals surface area contributed by atoms with E-state index >= 15 is 0 Å². The standard InChI is InChI=1S/C11H20N2/c1-3-6-13-7-5-10(4-2)8-11(13)9-12/h1,10-11H,4-9,12H2,2H3. The minimum absolute atomic E-state index is 0.523. The van der Waals surface area contributed by atoms with Gasteiger partial charge in [-0.2, -0.15) is 0 Å². The molecule has 0 radical (unpaired) electrons. The first kappa shape index (κ1) is 10.6. The van der Waals surface area contributed by atoms with E-state index in [9.17, 15) is 0 Å². The first-order valence-electron chi connectivity index (χ1n) is 5.19. The van der Waals surface area contributed by atoms with E-state index in [1.54, 1.807) is 0 Å². The summed E-state index contributed by atoms with van der Waals surface area (Å²) < 4.78 is 0. The Bertz CT molecular complexity index is 183. The van der Waals surface area contributed by atoms with Crippen LogP contribution in [0.15, 0.2) is 0 Å². The van der Waals surface area contributed by atoms with Crippen LogP contribution in [-0.2, 0) is 0 Å². The van der Waals surface area contributed by atoms with Gasteiger partial charge in [0, 0.05) is 12.6 Å². The van der Waals surface area contributed by atoms with Gasteiger partial charge in [0.1, 0.15) is 0 Å². The van der Waals surface area contributed by atoms with E-state index in [0.717, 1.165) is 25.6 Å². The monoisotopic (exact) mass is 180 g/mol. The quantitative estimate of drug-likeness (QED) is 0.658. The van der Waals surface area contributed by atoms with Gasteiger partial charge in [-0.25, -0.2) is 0 Å². The Morgan fingerprint density at radius 1 is 1.62 bits per heavy atom. The third kappa shape index (κ3) is 2.72. The summed E-state index contributed by atoms with van der Waals surface area (Å²) in [5.74, 6) is 3.57. The van der Waals surface area contributed by atoms with Crippen molar-refractivity contribution < 1.29 is 0 Å². The second-order valence-electron chi connectivity index (χ2n) is 3.86. The van der Waals surface area contributed by atoms with Gasteiger partial charge < -0.3 is 5.73 Å². The van der Waals surface area contributed by atoms with E-state index in [-0.39, 0.29) is 0 Å². The molecule has 0 aromatic rings. The average molecular weight is 180 g/mol. The first-order chi connectivity index (χ1) is 6.31. The highest BCUT2D eigenvalue weighted by Crippen LogP contribution is 2.24. The number of likely N-dealkylation sites (tertiary alicyclic amines) is 1. The lowest BCUT2D eigenvalue weighted by molar-refractivity contribution is 0.130. The molecule has 1 saturated heterocycles. The van der Waals surface area contributed by atoms with Crippen LogP contribution in [0.1, 0.15) is 26.2 Å². The fourth-order valence-electron chi connectivity index (χ4n) is 2.12. The first-order valence-corrected chi connectivity index (χ1v) is 5.19. The maximum Gasteiger partial charge on any atom is 0.0601 e. The van der Waals surface area contributed by atoms with Crippen molar-refractivity contribution in [1.82, 2.24) is 4.90 Å². The number of rotatable bonds is 3. The fourth-order valence-corrected chi connectivity index (χ4v) is 2.12. The molecule has 1 rings (SSSR count). The van der Waals surface area contributed by atoms with Crippen LogP contribution in [0.4, 0.5) is 0 Å². The molecular formula is C11H20N2. The van der Waals surface area contributed by atoms with E-state index in [1.165, 1.54) is 19.3 Å². The second kappa shape index (κ2) is 5.26. The molecule has 0 bridgehead atoms. The molecule has 2 N–H and O–H groups in total. The molecule has 0 amide bonds. The smallest absolute Gasteiger partial charge is 0.0601 e. The van der Waals surface area contributed by atoms with Crippen LogP contribution in [0.25, 0.3) is 0 Å². The zero-order valence-corrected chi connectivity index (χ0v) is 8.50. The van der Waals surface area contributed by atoms with Crippen molar-refractivity contribution in [2.24, 2.45) is 11.7 Å². The molecule has 2 atom stereocenters. The Balaban J connectivity index is 2.46. The van der Waals surface area contributed by atoms with Gasteiger partial charge in [-0.15, -0.1) is 6.42 Å². The van der Waals surface area contributed by atoms with Gasteiger partial charge >= 0.3 is 0 Å². The summed E-state index contributed by atoms with van der Waals surface area (Å²) in [7, 11) is 0. The van der Waals surface area contributed by atoms with Gasteiger partial charge in [-0.3, -0.25) is 4.90 Å². The van der Waals surface area contributed by atoms with Crippen molar-refractivity contribution in [3.05, 3.63) is 0 Å². The van der Waals surface area contributed by atoms with Crippen LogP contribution in [-0.4, -0.2) is 30.6 Å². The second-order valence-corrected chi connectivity index (χ2v) is 3.86. The SMILES string of the molecule is C#CCN1CCC(CC)CC1CN. The summed E-state index contributed by atoms with van der Waals surface area (Å²) >= 11 is 0. The van der Waals surface area contributed by atoms with E-state index in [2.05, 4.69) is 17.7 Å². The summed E-state index contributed by atoms with van der Waals surface area (Å²) in [6.45, 7) is 4.90. The maximum atomic E-state index is 5.73. The molecule has 0 aromatic heterocycles. The molecule has 0 aromatic carbocycles. The molecule has 74 valence electrons. The maximum absolute atomic E-state index is 5.73. The van der Waals surface area contributed by atoms with Crippen LogP contribution < -0.4 is 5.73 Å². The highest BCUT2D eigenvalue weighted by molar-refractivity contribution is 4.93. The molecule has 2 unspecified atom stereocenters. The number of hydrogen-bond acceptors (Lipinski definition) is 2. The number of nitrogens with zero attached hydrogens (tertiary/aromatic N) is 1. The van der Waals surface area contributed by atoms with Gasteiger partial charge in [-0.05, 0) is 25.3 Å². The summed E-state index contributed by atoms with van der Waals surface area (Å²) in [6, 6.07) is 0.523. The third-order valence-electron chi connectivity index (χ3n) is 3.09. The van der Waals surface area contributed by atoms with Gasteiger partial charge in [-0.1, -0.05) is 19.3 Å². The van der Waals surface area contributed by atoms with Crippen LogP contribution >= 0.6 is 0 Å². The highest BCUT2D eigenvalue weighted by Gasteiger charge is 2.25. The summed E-state index contributed by atoms with van der Waals surface area (Å²) in [5.41, 5.74) is 5.73. The van der Waals surface area contributed by atoms with E-state index in [1.807, 2.05) is 0 Å². The van der Waals surface area contributed by atoms with Gasteiger partial charge in [0.15, 0.2) is 0 Å². The molecule has 1 fully saturated rings. The van der Waals surface area contributed by atoms with Crippen LogP contribution in [0.3, 0.4) is 0 Å². The molecule has 1 aliphatic heterocycles. The van der Waals surface area contributed by atoms with Crippen molar-refractivity contribution in [3.63, 3.8) is 0 Å². The Labute approximate surface area is 81.5 Å². The van der Waals surface area contributed by atoms with E-state index < -0.39 is 0 Å². The van der Waals surface area contributed by atoms with Gasteiger partial charge in [0.2, 0.25) is 0 Å². The molecule has 0 aliphatic carbocycles. The minimum Gasteiger partial charge on any atom is -0.329 e. The van der Waals surface area contributed by atoms with Crippen LogP contribution in [0.2, 0.25) is 0 Å². The van der Waals surface area contributed by atoms with Crippen molar-refractivity contribution in [1.29, 1.82) is 0 Å². The van der Waals surface area contributed by atoms with Crippen molar-refractivity contribution in [3.8, 4) is 12.3 Å². The molecular weight excluding hydrogens is 160 g/mol. The Morgan fingerprint density at radius 2 is 2.38 bits per heavy atom. The topological polar surface area (TPSA) is 29.3 Å². The normalized spacial score (nSPS) is 29.9. The lowest BCUT2D eigenvalue weighted by atomic mass is 9.89. The number of nitrogens with two attached hydrogens (primary N) is 1. The Kier molecular flexibility index (Phi) is 4.27. The van der Waals surface area contributed by atoms with Gasteiger partial charge in [0.05, 0.1) is 6.54 Å². The largest absolute Gasteiger partial charge is 0.329 e. The molecule has 1 aliphatic rings. The number of piperidine rings is 1. The lowest BCUT2D eigenvalue weighted by Crippen LogP contribution is -2.46. The molecule has 2 nitrogen and oxygen atoms in total. The lowest BCUT2D eigenvalue weighted by Gasteiger charge is -2.37. The number of terminal acetylenes is 1. The third-order valence-corrected chi connectivity index (χ3v) is 3.09. The zero-order chi connectivity index (χ0) is 9.68. The minimum atomic E-state index is 0.523. The molecule has 0 spiro atoms. The molecule has 0 saturated carbocycles. The van der Waals surface area contributed by atoms with Crippen LogP contribution in [0.5, 0.6) is 0 Å². The summed E-state index contributed by atoms with van der Waals surface area (Å²) in [5, 5.41) is 0. The van der Waals surface area contributed by atoms with E-state index in [4.69, 9.17) is 12.2 Å². The van der Waals surface area contributed by atoms with Crippen LogP contribution in [0, 0.1) is 18.3 Å². The van der Waals surface area contributed by atoms with Crippen molar-refractivity contribution in [2.45, 2.75) is 32.2 Å². The molecule has 1 heterocycles. The predicted molar refractivity (Wildman–Crippen MR) is 56.3 cm³/mol. The zero-order valence-electron chi connectivity index (χ0n) is 8.50. The average Bonchev–Trinajstić information content (AvgIpc) is 2.19. The highest BCUT2D eigenvalue weighted by atomic mass is 15.2. The Hall–Kier alpha value is -0.520. The fraction of sp³-hybridized carbons (Fsp3) is 0.818. The summed E-state index contributed by atoms with van der Waals surface area (Å²) in [4.78, 5) is 2.34. The molecule has 2 heteroatoms.